The second-order valence-corrected chi connectivity index (χ2v) is 6.52. The molecule has 148 valence electrons. The lowest BCUT2D eigenvalue weighted by Crippen LogP contribution is -2.03. The van der Waals surface area contributed by atoms with E-state index in [9.17, 15) is 9.59 Å². The summed E-state index contributed by atoms with van der Waals surface area (Å²) in [5.41, 5.74) is 1.89. The van der Waals surface area contributed by atoms with Gasteiger partial charge in [-0.05, 0) is 29.8 Å². The van der Waals surface area contributed by atoms with E-state index < -0.39 is 11.9 Å². The van der Waals surface area contributed by atoms with E-state index in [1.54, 1.807) is 30.4 Å². The maximum absolute atomic E-state index is 11.3. The molecule has 0 unspecified atom stereocenters. The highest BCUT2D eigenvalue weighted by Gasteiger charge is 2.11. The summed E-state index contributed by atoms with van der Waals surface area (Å²) in [6, 6.07) is 12.3. The lowest BCUT2D eigenvalue weighted by Gasteiger charge is -2.10. The van der Waals surface area contributed by atoms with Crippen molar-refractivity contribution in [3.63, 3.8) is 0 Å². The molecule has 1 heterocycles. The maximum Gasteiger partial charge on any atom is 0.308 e. The molecule has 0 saturated carbocycles. The number of pyridine rings is 1. The van der Waals surface area contributed by atoms with Gasteiger partial charge in [-0.1, -0.05) is 35.9 Å². The van der Waals surface area contributed by atoms with E-state index in [1.165, 1.54) is 27.0 Å². The van der Waals surface area contributed by atoms with E-state index in [4.69, 9.17) is 25.8 Å². The number of fused-ring (bicyclic) bond motifs is 1. The minimum atomic E-state index is -0.466. The van der Waals surface area contributed by atoms with Gasteiger partial charge in [-0.3, -0.25) is 9.59 Å². The number of ether oxygens (including phenoxy) is 3. The van der Waals surface area contributed by atoms with E-state index in [0.29, 0.717) is 33.3 Å². The number of benzene rings is 2. The number of aromatic nitrogens is 1. The van der Waals surface area contributed by atoms with Gasteiger partial charge in [0, 0.05) is 25.3 Å². The van der Waals surface area contributed by atoms with Crippen LogP contribution in [0.2, 0.25) is 5.02 Å². The number of carbonyl (C=O) groups excluding carboxylic acids is 2. The smallest absolute Gasteiger partial charge is 0.308 e. The highest BCUT2D eigenvalue weighted by atomic mass is 35.5. The first kappa shape index (κ1) is 20.4. The molecule has 3 rings (SSSR count). The largest absolute Gasteiger partial charge is 0.493 e. The van der Waals surface area contributed by atoms with Crippen molar-refractivity contribution in [1.29, 1.82) is 0 Å². The monoisotopic (exact) mass is 411 g/mol. The molecule has 0 radical (unpaired) electrons. The lowest BCUT2D eigenvalue weighted by molar-refractivity contribution is -0.132. The summed E-state index contributed by atoms with van der Waals surface area (Å²) in [6.07, 6.45) is 3.54. The van der Waals surface area contributed by atoms with Gasteiger partial charge < -0.3 is 14.2 Å². The minimum absolute atomic E-state index is 0.247. The summed E-state index contributed by atoms with van der Waals surface area (Å²) in [5, 5.41) is 1.24. The number of para-hydroxylation sites is 1. The quantitative estimate of drug-likeness (QED) is 0.438. The van der Waals surface area contributed by atoms with E-state index in [2.05, 4.69) is 4.98 Å². The molecule has 0 bridgehead atoms. The standard InChI is InChI=1S/C22H18ClNO5/c1-13(25)28-19-6-4-5-15-7-9-17(24-22(15)19)10-8-16-11-20(27-3)21(12-18(16)23)29-14(2)26/h4-12H,1-3H3. The third kappa shape index (κ3) is 4.92. The SMILES string of the molecule is COc1cc(C=Cc2ccc3cccc(OC(C)=O)c3n2)c(Cl)cc1OC(C)=O. The van der Waals surface area contributed by atoms with Gasteiger partial charge in [0.05, 0.1) is 17.8 Å². The van der Waals surface area contributed by atoms with Gasteiger partial charge in [0.2, 0.25) is 0 Å². The molecule has 7 heteroatoms. The van der Waals surface area contributed by atoms with Crippen LogP contribution in [0.3, 0.4) is 0 Å². The van der Waals surface area contributed by atoms with Crippen LogP contribution in [0.1, 0.15) is 25.1 Å². The van der Waals surface area contributed by atoms with Crippen LogP contribution >= 0.6 is 11.6 Å². The summed E-state index contributed by atoms with van der Waals surface area (Å²) < 4.78 is 15.6. The van der Waals surface area contributed by atoms with Crippen LogP contribution in [0.4, 0.5) is 0 Å². The first-order chi connectivity index (χ1) is 13.9. The van der Waals surface area contributed by atoms with Gasteiger partial charge in [0.1, 0.15) is 5.52 Å². The van der Waals surface area contributed by atoms with Crippen molar-refractivity contribution in [3.05, 3.63) is 58.7 Å². The number of rotatable bonds is 5. The van der Waals surface area contributed by atoms with E-state index in [0.717, 1.165) is 5.39 Å². The van der Waals surface area contributed by atoms with E-state index in [1.807, 2.05) is 18.2 Å². The third-order valence-electron chi connectivity index (χ3n) is 3.93. The Morgan fingerprint density at radius 2 is 1.66 bits per heavy atom. The molecule has 0 aliphatic heterocycles. The molecule has 2 aromatic carbocycles. The second-order valence-electron chi connectivity index (χ2n) is 6.11. The predicted octanol–water partition coefficient (Wildman–Crippen LogP) is 4.92. The first-order valence-electron chi connectivity index (χ1n) is 8.69. The molecule has 0 N–H and O–H groups in total. The number of halogens is 1. The maximum atomic E-state index is 11.3. The Bertz CT molecular complexity index is 1120. The average Bonchev–Trinajstić information content (AvgIpc) is 2.67. The molecule has 29 heavy (non-hydrogen) atoms. The van der Waals surface area contributed by atoms with Crippen LogP contribution in [-0.4, -0.2) is 24.0 Å². The average molecular weight is 412 g/mol. The summed E-state index contributed by atoms with van der Waals surface area (Å²) in [4.78, 5) is 27.1. The van der Waals surface area contributed by atoms with Gasteiger partial charge in [-0.2, -0.15) is 0 Å². The Hall–Kier alpha value is -3.38. The van der Waals surface area contributed by atoms with Crippen LogP contribution in [-0.2, 0) is 9.59 Å². The van der Waals surface area contributed by atoms with Crippen molar-refractivity contribution in [2.45, 2.75) is 13.8 Å². The Morgan fingerprint density at radius 1 is 0.931 bits per heavy atom. The van der Waals surface area contributed by atoms with Crippen molar-refractivity contribution >= 4 is 46.6 Å². The Balaban J connectivity index is 1.96. The van der Waals surface area contributed by atoms with Crippen molar-refractivity contribution in [3.8, 4) is 17.2 Å². The second kappa shape index (κ2) is 8.75. The lowest BCUT2D eigenvalue weighted by atomic mass is 10.1. The molecule has 6 nitrogen and oxygen atoms in total. The van der Waals surface area contributed by atoms with E-state index in [-0.39, 0.29) is 5.75 Å². The number of nitrogens with zero attached hydrogens (tertiary/aromatic N) is 1. The third-order valence-corrected chi connectivity index (χ3v) is 4.26. The van der Waals surface area contributed by atoms with Gasteiger partial charge >= 0.3 is 11.9 Å². The first-order valence-corrected chi connectivity index (χ1v) is 9.07. The zero-order chi connectivity index (χ0) is 21.0. The molecular weight excluding hydrogens is 394 g/mol. The number of carbonyl (C=O) groups is 2. The van der Waals surface area contributed by atoms with Crippen LogP contribution < -0.4 is 14.2 Å². The molecule has 0 aliphatic rings. The summed E-state index contributed by atoms with van der Waals surface area (Å²) in [6.45, 7) is 2.65. The number of esters is 2. The van der Waals surface area contributed by atoms with Gasteiger partial charge in [-0.15, -0.1) is 0 Å². The predicted molar refractivity (Wildman–Crippen MR) is 111 cm³/mol. The number of hydrogen-bond donors (Lipinski definition) is 0. The summed E-state index contributed by atoms with van der Waals surface area (Å²) >= 11 is 6.31. The van der Waals surface area contributed by atoms with Gasteiger partial charge in [-0.25, -0.2) is 4.98 Å². The van der Waals surface area contributed by atoms with Crippen LogP contribution in [0.25, 0.3) is 23.1 Å². The van der Waals surface area contributed by atoms with Crippen molar-refractivity contribution in [2.24, 2.45) is 0 Å². The van der Waals surface area contributed by atoms with Crippen LogP contribution in [0.15, 0.2) is 42.5 Å². The highest BCUT2D eigenvalue weighted by Crippen LogP contribution is 2.34. The fraction of sp³-hybridized carbons (Fsp3) is 0.136. The van der Waals surface area contributed by atoms with Crippen LogP contribution in [0, 0.1) is 0 Å². The van der Waals surface area contributed by atoms with Crippen LogP contribution in [0.5, 0.6) is 17.2 Å². The summed E-state index contributed by atoms with van der Waals surface area (Å²) in [5.74, 6) is 0.152. The molecule has 0 fully saturated rings. The fourth-order valence-corrected chi connectivity index (χ4v) is 2.93. The Kier molecular flexibility index (Phi) is 6.14. The number of methoxy groups -OCH3 is 1. The minimum Gasteiger partial charge on any atom is -0.493 e. The van der Waals surface area contributed by atoms with Crippen molar-refractivity contribution in [1.82, 2.24) is 4.98 Å². The highest BCUT2D eigenvalue weighted by molar-refractivity contribution is 6.32. The van der Waals surface area contributed by atoms with E-state index >= 15 is 0 Å². The normalized spacial score (nSPS) is 10.9. The molecule has 0 atom stereocenters. The molecule has 1 aromatic heterocycles. The number of hydrogen-bond acceptors (Lipinski definition) is 6. The molecular formula is C22H18ClNO5. The molecule has 0 aliphatic carbocycles. The topological polar surface area (TPSA) is 74.7 Å². The molecule has 0 amide bonds. The zero-order valence-electron chi connectivity index (χ0n) is 16.1. The van der Waals surface area contributed by atoms with Crippen molar-refractivity contribution < 1.29 is 23.8 Å². The molecule has 0 saturated heterocycles. The summed E-state index contributed by atoms with van der Waals surface area (Å²) in [7, 11) is 1.48. The zero-order valence-corrected chi connectivity index (χ0v) is 16.8. The fourth-order valence-electron chi connectivity index (χ4n) is 2.71. The van der Waals surface area contributed by atoms with Gasteiger partial charge in [0.25, 0.3) is 0 Å². The Morgan fingerprint density at radius 3 is 2.34 bits per heavy atom. The molecule has 0 spiro atoms. The molecule has 3 aromatic rings. The van der Waals surface area contributed by atoms with Gasteiger partial charge in [0.15, 0.2) is 17.2 Å². The van der Waals surface area contributed by atoms with Crippen molar-refractivity contribution in [2.75, 3.05) is 7.11 Å². The Labute approximate surface area is 172 Å².